The standard InChI is InChI=1S/C11H15N3O3/c1-2-3-4-10(15)14-9(11(16)17)5-8-6-12-7-13-8/h2,6-7,9H,1,3-5H2,(H,12,13)(H,14,15)(H,16,17)/t9-/m0/s1. The van der Waals surface area contributed by atoms with E-state index in [4.69, 9.17) is 5.11 Å². The van der Waals surface area contributed by atoms with E-state index in [0.29, 0.717) is 12.1 Å². The Balaban J connectivity index is 2.51. The molecule has 0 spiro atoms. The van der Waals surface area contributed by atoms with Crippen LogP contribution in [-0.2, 0) is 16.0 Å². The van der Waals surface area contributed by atoms with Crippen molar-refractivity contribution < 1.29 is 14.7 Å². The lowest BCUT2D eigenvalue weighted by Gasteiger charge is -2.13. The molecule has 0 bridgehead atoms. The smallest absolute Gasteiger partial charge is 0.326 e. The van der Waals surface area contributed by atoms with E-state index in [2.05, 4.69) is 21.9 Å². The van der Waals surface area contributed by atoms with Crippen LogP contribution >= 0.6 is 0 Å². The number of carboxylic acid groups (broad SMARTS) is 1. The highest BCUT2D eigenvalue weighted by atomic mass is 16.4. The van der Waals surface area contributed by atoms with Crippen molar-refractivity contribution in [2.45, 2.75) is 25.3 Å². The van der Waals surface area contributed by atoms with Crippen LogP contribution < -0.4 is 5.32 Å². The Morgan fingerprint density at radius 1 is 1.65 bits per heavy atom. The molecule has 1 rings (SSSR count). The zero-order valence-corrected chi connectivity index (χ0v) is 9.35. The number of hydrogen-bond acceptors (Lipinski definition) is 3. The van der Waals surface area contributed by atoms with Crippen LogP contribution in [-0.4, -0.2) is 33.0 Å². The monoisotopic (exact) mass is 237 g/mol. The molecule has 0 saturated heterocycles. The third kappa shape index (κ3) is 4.50. The first-order chi connectivity index (χ1) is 8.13. The third-order valence-corrected chi connectivity index (χ3v) is 2.19. The van der Waals surface area contributed by atoms with Crippen molar-refractivity contribution in [3.8, 4) is 0 Å². The number of carboxylic acids is 1. The lowest BCUT2D eigenvalue weighted by Crippen LogP contribution is -2.42. The zero-order valence-electron chi connectivity index (χ0n) is 9.35. The van der Waals surface area contributed by atoms with Gasteiger partial charge in [0.05, 0.1) is 6.33 Å². The summed E-state index contributed by atoms with van der Waals surface area (Å²) in [4.78, 5) is 28.9. The Labute approximate surface area is 98.8 Å². The average molecular weight is 237 g/mol. The first kappa shape index (κ1) is 13.0. The van der Waals surface area contributed by atoms with Crippen molar-refractivity contribution in [2.24, 2.45) is 0 Å². The number of carbonyl (C=O) groups is 2. The second kappa shape index (κ2) is 6.47. The molecule has 0 aliphatic heterocycles. The second-order valence-electron chi connectivity index (χ2n) is 3.57. The van der Waals surface area contributed by atoms with Gasteiger partial charge in [-0.15, -0.1) is 6.58 Å². The second-order valence-corrected chi connectivity index (χ2v) is 3.57. The third-order valence-electron chi connectivity index (χ3n) is 2.19. The molecule has 0 aliphatic rings. The Bertz CT molecular complexity index is 387. The van der Waals surface area contributed by atoms with E-state index < -0.39 is 12.0 Å². The van der Waals surface area contributed by atoms with E-state index in [1.54, 1.807) is 6.08 Å². The fourth-order valence-corrected chi connectivity index (χ4v) is 1.32. The fourth-order valence-electron chi connectivity index (χ4n) is 1.32. The molecule has 0 aliphatic carbocycles. The Kier molecular flexibility index (Phi) is 4.93. The summed E-state index contributed by atoms with van der Waals surface area (Å²) in [7, 11) is 0. The summed E-state index contributed by atoms with van der Waals surface area (Å²) in [5.41, 5.74) is 0.668. The van der Waals surface area contributed by atoms with Gasteiger partial charge in [-0.2, -0.15) is 0 Å². The molecule has 6 nitrogen and oxygen atoms in total. The number of aromatic nitrogens is 2. The maximum absolute atomic E-state index is 11.4. The van der Waals surface area contributed by atoms with Crippen molar-refractivity contribution in [3.63, 3.8) is 0 Å². The number of amides is 1. The van der Waals surface area contributed by atoms with Crippen LogP contribution in [0.1, 0.15) is 18.5 Å². The van der Waals surface area contributed by atoms with Gasteiger partial charge in [0, 0.05) is 24.7 Å². The molecule has 0 radical (unpaired) electrons. The molecule has 1 aromatic heterocycles. The van der Waals surface area contributed by atoms with Gasteiger partial charge in [-0.3, -0.25) is 4.79 Å². The number of H-pyrrole nitrogens is 1. The molecular weight excluding hydrogens is 222 g/mol. The molecular formula is C11H15N3O3. The summed E-state index contributed by atoms with van der Waals surface area (Å²) in [6.07, 6.45) is 5.58. The van der Waals surface area contributed by atoms with Crippen LogP contribution in [0.15, 0.2) is 25.2 Å². The number of aliphatic carboxylic acids is 1. The van der Waals surface area contributed by atoms with Crippen molar-refractivity contribution >= 4 is 11.9 Å². The van der Waals surface area contributed by atoms with Gasteiger partial charge in [-0.1, -0.05) is 6.08 Å². The summed E-state index contributed by atoms with van der Waals surface area (Å²) < 4.78 is 0. The van der Waals surface area contributed by atoms with Crippen molar-refractivity contribution in [1.29, 1.82) is 0 Å². The first-order valence-electron chi connectivity index (χ1n) is 5.23. The molecule has 0 unspecified atom stereocenters. The Morgan fingerprint density at radius 2 is 2.41 bits per heavy atom. The van der Waals surface area contributed by atoms with Crippen molar-refractivity contribution in [3.05, 3.63) is 30.9 Å². The summed E-state index contributed by atoms with van der Waals surface area (Å²) in [6, 6.07) is -0.937. The van der Waals surface area contributed by atoms with Crippen molar-refractivity contribution in [1.82, 2.24) is 15.3 Å². The van der Waals surface area contributed by atoms with Gasteiger partial charge in [0.25, 0.3) is 0 Å². The van der Waals surface area contributed by atoms with Gasteiger partial charge in [0.15, 0.2) is 0 Å². The lowest BCUT2D eigenvalue weighted by molar-refractivity contribution is -0.141. The minimum atomic E-state index is -1.06. The van der Waals surface area contributed by atoms with Gasteiger partial charge < -0.3 is 15.4 Å². The largest absolute Gasteiger partial charge is 0.480 e. The lowest BCUT2D eigenvalue weighted by atomic mass is 10.1. The van der Waals surface area contributed by atoms with Crippen molar-refractivity contribution in [2.75, 3.05) is 0 Å². The molecule has 6 heteroatoms. The number of nitrogens with one attached hydrogen (secondary N) is 2. The Morgan fingerprint density at radius 3 is 2.94 bits per heavy atom. The maximum atomic E-state index is 11.4. The van der Waals surface area contributed by atoms with Crippen LogP contribution in [0.4, 0.5) is 0 Å². The van der Waals surface area contributed by atoms with Crippen LogP contribution in [0.2, 0.25) is 0 Å². The molecule has 3 N–H and O–H groups in total. The Hall–Kier alpha value is -2.11. The molecule has 1 atom stereocenters. The van der Waals surface area contributed by atoms with E-state index in [9.17, 15) is 9.59 Å². The maximum Gasteiger partial charge on any atom is 0.326 e. The molecule has 92 valence electrons. The predicted molar refractivity (Wildman–Crippen MR) is 61.3 cm³/mol. The summed E-state index contributed by atoms with van der Waals surface area (Å²) in [6.45, 7) is 3.50. The number of rotatable bonds is 7. The molecule has 0 fully saturated rings. The molecule has 1 amide bonds. The van der Waals surface area contributed by atoms with E-state index in [0.717, 1.165) is 0 Å². The number of aromatic amines is 1. The van der Waals surface area contributed by atoms with Gasteiger partial charge >= 0.3 is 5.97 Å². The normalized spacial score (nSPS) is 11.8. The molecule has 17 heavy (non-hydrogen) atoms. The van der Waals surface area contributed by atoms with Crippen LogP contribution in [0, 0.1) is 0 Å². The number of hydrogen-bond donors (Lipinski definition) is 3. The van der Waals surface area contributed by atoms with Crippen LogP contribution in [0.5, 0.6) is 0 Å². The summed E-state index contributed by atoms with van der Waals surface area (Å²) in [5, 5.41) is 11.4. The summed E-state index contributed by atoms with van der Waals surface area (Å²) >= 11 is 0. The van der Waals surface area contributed by atoms with Gasteiger partial charge in [0.2, 0.25) is 5.91 Å². The predicted octanol–water partition coefficient (Wildman–Crippen LogP) is 0.488. The number of allylic oxidation sites excluding steroid dienone is 1. The molecule has 0 saturated carbocycles. The fraction of sp³-hybridized carbons (Fsp3) is 0.364. The highest BCUT2D eigenvalue weighted by molar-refractivity contribution is 5.83. The van der Waals surface area contributed by atoms with E-state index in [1.807, 2.05) is 0 Å². The number of carbonyl (C=O) groups excluding carboxylic acids is 1. The highest BCUT2D eigenvalue weighted by Gasteiger charge is 2.20. The van der Waals surface area contributed by atoms with Gasteiger partial charge in [-0.05, 0) is 6.42 Å². The van der Waals surface area contributed by atoms with Crippen LogP contribution in [0.3, 0.4) is 0 Å². The molecule has 1 heterocycles. The number of imidazole rings is 1. The number of nitrogens with zero attached hydrogens (tertiary/aromatic N) is 1. The van der Waals surface area contributed by atoms with E-state index in [-0.39, 0.29) is 18.7 Å². The minimum absolute atomic E-state index is 0.190. The average Bonchev–Trinajstić information content (AvgIpc) is 2.78. The first-order valence-corrected chi connectivity index (χ1v) is 5.23. The topological polar surface area (TPSA) is 95.1 Å². The SMILES string of the molecule is C=CCCC(=O)N[C@@H](Cc1cnc[nH]1)C(=O)O. The highest BCUT2D eigenvalue weighted by Crippen LogP contribution is 2.00. The molecule has 0 aromatic carbocycles. The van der Waals surface area contributed by atoms with E-state index in [1.165, 1.54) is 12.5 Å². The summed E-state index contributed by atoms with van der Waals surface area (Å²) in [5.74, 6) is -1.36. The minimum Gasteiger partial charge on any atom is -0.480 e. The zero-order chi connectivity index (χ0) is 12.7. The van der Waals surface area contributed by atoms with Gasteiger partial charge in [-0.25, -0.2) is 9.78 Å². The van der Waals surface area contributed by atoms with Gasteiger partial charge in [0.1, 0.15) is 6.04 Å². The molecule has 1 aromatic rings. The quantitative estimate of drug-likeness (QED) is 0.601. The van der Waals surface area contributed by atoms with E-state index >= 15 is 0 Å². The van der Waals surface area contributed by atoms with Crippen LogP contribution in [0.25, 0.3) is 0 Å².